The third-order valence-electron chi connectivity index (χ3n) is 4.43. The van der Waals surface area contributed by atoms with Gasteiger partial charge in [-0.2, -0.15) is 0 Å². The second-order valence-electron chi connectivity index (χ2n) is 5.98. The smallest absolute Gasteiger partial charge is 0.191 e. The van der Waals surface area contributed by atoms with Crippen LogP contribution in [0.25, 0.3) is 0 Å². The van der Waals surface area contributed by atoms with Gasteiger partial charge >= 0.3 is 0 Å². The maximum absolute atomic E-state index is 5.60. The summed E-state index contributed by atoms with van der Waals surface area (Å²) < 4.78 is 5.60. The second kappa shape index (κ2) is 12.1. The fourth-order valence-electron chi connectivity index (χ4n) is 3.19. The number of benzene rings is 1. The Morgan fingerprint density at radius 2 is 2.00 bits per heavy atom. The number of hydrogen-bond donors (Lipinski definition) is 2. The SMILES string of the molecule is C=CCNC(=NC)NCC(c1ccccc1OC)N1CCCCC1.I. The first kappa shape index (κ1) is 21.8. The molecule has 5 nitrogen and oxygen atoms in total. The molecule has 0 aromatic heterocycles. The maximum Gasteiger partial charge on any atom is 0.191 e. The highest BCUT2D eigenvalue weighted by atomic mass is 127. The molecule has 1 aliphatic heterocycles. The number of halogens is 1. The van der Waals surface area contributed by atoms with Gasteiger partial charge in [0.25, 0.3) is 0 Å². The van der Waals surface area contributed by atoms with Gasteiger partial charge in [0.05, 0.1) is 13.2 Å². The van der Waals surface area contributed by atoms with Crippen molar-refractivity contribution in [1.82, 2.24) is 15.5 Å². The molecular weight excluding hydrogens is 427 g/mol. The molecule has 1 aromatic carbocycles. The molecule has 0 spiro atoms. The van der Waals surface area contributed by atoms with Crippen LogP contribution in [0.5, 0.6) is 5.75 Å². The summed E-state index contributed by atoms with van der Waals surface area (Å²) in [6.45, 7) is 7.48. The lowest BCUT2D eigenvalue weighted by Crippen LogP contribution is -2.44. The lowest BCUT2D eigenvalue weighted by molar-refractivity contribution is 0.161. The number of rotatable bonds is 7. The molecular formula is C19H31IN4O. The zero-order valence-electron chi connectivity index (χ0n) is 15.3. The molecule has 1 aliphatic rings. The minimum Gasteiger partial charge on any atom is -0.496 e. The molecule has 1 unspecified atom stereocenters. The Bertz CT molecular complexity index is 544. The Kier molecular flexibility index (Phi) is 10.6. The van der Waals surface area contributed by atoms with Crippen molar-refractivity contribution >= 4 is 29.9 Å². The predicted octanol–water partition coefficient (Wildman–Crippen LogP) is 3.19. The van der Waals surface area contributed by atoms with Crippen molar-refractivity contribution in [1.29, 1.82) is 0 Å². The van der Waals surface area contributed by atoms with E-state index in [1.807, 2.05) is 18.2 Å². The molecule has 1 aromatic rings. The number of likely N-dealkylation sites (tertiary alicyclic amines) is 1. The normalized spacial score (nSPS) is 16.5. The van der Waals surface area contributed by atoms with Gasteiger partial charge in [-0.25, -0.2) is 0 Å². The first-order valence-electron chi connectivity index (χ1n) is 8.72. The van der Waals surface area contributed by atoms with Gasteiger partial charge in [-0.3, -0.25) is 9.89 Å². The topological polar surface area (TPSA) is 48.9 Å². The predicted molar refractivity (Wildman–Crippen MR) is 116 cm³/mol. The quantitative estimate of drug-likeness (QED) is 0.285. The number of para-hydroxylation sites is 1. The van der Waals surface area contributed by atoms with E-state index in [1.165, 1.54) is 24.8 Å². The van der Waals surface area contributed by atoms with Gasteiger partial charge in [0.1, 0.15) is 5.75 Å². The molecule has 0 amide bonds. The average Bonchev–Trinajstić information content (AvgIpc) is 2.65. The minimum atomic E-state index is 0. The molecule has 0 aliphatic carbocycles. The third kappa shape index (κ3) is 6.51. The van der Waals surface area contributed by atoms with Gasteiger partial charge in [-0.05, 0) is 32.0 Å². The molecule has 0 saturated carbocycles. The Hall–Kier alpha value is -1.28. The summed E-state index contributed by atoms with van der Waals surface area (Å²) in [4.78, 5) is 6.83. The lowest BCUT2D eigenvalue weighted by atomic mass is 10.0. The first-order chi connectivity index (χ1) is 11.8. The summed E-state index contributed by atoms with van der Waals surface area (Å²) in [7, 11) is 3.53. The van der Waals surface area contributed by atoms with Crippen LogP contribution >= 0.6 is 24.0 Å². The number of piperidine rings is 1. The number of guanidine groups is 1. The molecule has 25 heavy (non-hydrogen) atoms. The maximum atomic E-state index is 5.60. The highest BCUT2D eigenvalue weighted by molar-refractivity contribution is 14.0. The van der Waals surface area contributed by atoms with E-state index in [0.29, 0.717) is 6.54 Å². The van der Waals surface area contributed by atoms with Crippen molar-refractivity contribution in [3.05, 3.63) is 42.5 Å². The number of ether oxygens (including phenoxy) is 1. The van der Waals surface area contributed by atoms with Crippen LogP contribution in [-0.4, -0.2) is 51.2 Å². The van der Waals surface area contributed by atoms with Crippen LogP contribution in [0.15, 0.2) is 41.9 Å². The third-order valence-corrected chi connectivity index (χ3v) is 4.43. The summed E-state index contributed by atoms with van der Waals surface area (Å²) in [5.74, 6) is 1.75. The van der Waals surface area contributed by atoms with Gasteiger partial charge in [-0.15, -0.1) is 30.6 Å². The zero-order valence-corrected chi connectivity index (χ0v) is 17.7. The first-order valence-corrected chi connectivity index (χ1v) is 8.72. The fourth-order valence-corrected chi connectivity index (χ4v) is 3.19. The van der Waals surface area contributed by atoms with Crippen LogP contribution in [0.4, 0.5) is 0 Å². The Morgan fingerprint density at radius 1 is 1.28 bits per heavy atom. The van der Waals surface area contributed by atoms with E-state index in [0.717, 1.165) is 31.3 Å². The molecule has 140 valence electrons. The van der Waals surface area contributed by atoms with E-state index in [-0.39, 0.29) is 30.0 Å². The monoisotopic (exact) mass is 458 g/mol. The number of nitrogens with one attached hydrogen (secondary N) is 2. The fraction of sp³-hybridized carbons (Fsp3) is 0.526. The Labute approximate surface area is 168 Å². The largest absolute Gasteiger partial charge is 0.496 e. The van der Waals surface area contributed by atoms with E-state index < -0.39 is 0 Å². The highest BCUT2D eigenvalue weighted by Gasteiger charge is 2.24. The molecule has 0 bridgehead atoms. The Balaban J connectivity index is 0.00000312. The summed E-state index contributed by atoms with van der Waals surface area (Å²) in [5, 5.41) is 6.67. The van der Waals surface area contributed by atoms with Gasteiger partial charge in [-0.1, -0.05) is 30.7 Å². The Morgan fingerprint density at radius 3 is 2.64 bits per heavy atom. The van der Waals surface area contributed by atoms with Crippen molar-refractivity contribution in [2.24, 2.45) is 4.99 Å². The molecule has 2 rings (SSSR count). The van der Waals surface area contributed by atoms with Gasteiger partial charge in [0.2, 0.25) is 0 Å². The summed E-state index contributed by atoms with van der Waals surface area (Å²) in [6.07, 6.45) is 5.67. The average molecular weight is 458 g/mol. The van der Waals surface area contributed by atoms with Crippen LogP contribution < -0.4 is 15.4 Å². The van der Waals surface area contributed by atoms with E-state index in [4.69, 9.17) is 4.74 Å². The van der Waals surface area contributed by atoms with Crippen molar-refractivity contribution in [2.45, 2.75) is 25.3 Å². The lowest BCUT2D eigenvalue weighted by Gasteiger charge is -2.35. The summed E-state index contributed by atoms with van der Waals surface area (Å²) >= 11 is 0. The number of hydrogen-bond acceptors (Lipinski definition) is 3. The summed E-state index contributed by atoms with van der Waals surface area (Å²) in [6, 6.07) is 8.58. The summed E-state index contributed by atoms with van der Waals surface area (Å²) in [5.41, 5.74) is 1.23. The number of methoxy groups -OCH3 is 1. The molecule has 0 radical (unpaired) electrons. The van der Waals surface area contributed by atoms with Gasteiger partial charge < -0.3 is 15.4 Å². The zero-order chi connectivity index (χ0) is 17.2. The number of aliphatic imine (C=N–C) groups is 1. The molecule has 6 heteroatoms. The van der Waals surface area contributed by atoms with Crippen molar-refractivity contribution in [3.63, 3.8) is 0 Å². The molecule has 1 atom stereocenters. The molecule has 1 fully saturated rings. The van der Waals surface area contributed by atoms with E-state index >= 15 is 0 Å². The highest BCUT2D eigenvalue weighted by Crippen LogP contribution is 2.30. The van der Waals surface area contributed by atoms with Gasteiger partial charge in [0, 0.05) is 25.7 Å². The molecule has 1 heterocycles. The van der Waals surface area contributed by atoms with E-state index in [1.54, 1.807) is 14.2 Å². The van der Waals surface area contributed by atoms with Crippen LogP contribution in [0.2, 0.25) is 0 Å². The van der Waals surface area contributed by atoms with Crippen molar-refractivity contribution in [3.8, 4) is 5.75 Å². The van der Waals surface area contributed by atoms with E-state index in [9.17, 15) is 0 Å². The van der Waals surface area contributed by atoms with Crippen LogP contribution in [-0.2, 0) is 0 Å². The van der Waals surface area contributed by atoms with Crippen molar-refractivity contribution in [2.75, 3.05) is 40.3 Å². The molecule has 2 N–H and O–H groups in total. The van der Waals surface area contributed by atoms with E-state index in [2.05, 4.69) is 39.2 Å². The van der Waals surface area contributed by atoms with Gasteiger partial charge in [0.15, 0.2) is 5.96 Å². The van der Waals surface area contributed by atoms with Crippen LogP contribution in [0, 0.1) is 0 Å². The number of nitrogens with zero attached hydrogens (tertiary/aromatic N) is 2. The van der Waals surface area contributed by atoms with Crippen LogP contribution in [0.3, 0.4) is 0 Å². The molecule has 1 saturated heterocycles. The van der Waals surface area contributed by atoms with Crippen LogP contribution in [0.1, 0.15) is 30.9 Å². The minimum absolute atomic E-state index is 0. The standard InChI is InChI=1S/C19H30N4O.HI/c1-4-12-21-19(20-2)22-15-17(23-13-8-5-9-14-23)16-10-6-7-11-18(16)24-3;/h4,6-7,10-11,17H,1,5,8-9,12-15H2,2-3H3,(H2,20,21,22);1H. The van der Waals surface area contributed by atoms with Crippen molar-refractivity contribution < 1.29 is 4.74 Å². The second-order valence-corrected chi connectivity index (χ2v) is 5.98.